The molecule has 0 saturated carbocycles. The fourth-order valence-corrected chi connectivity index (χ4v) is 3.97. The summed E-state index contributed by atoms with van der Waals surface area (Å²) in [6.45, 7) is 4.31. The number of halogens is 3. The van der Waals surface area contributed by atoms with Crippen LogP contribution in [0, 0.1) is 12.8 Å². The van der Waals surface area contributed by atoms with E-state index >= 15 is 0 Å². The molecule has 2 heterocycles. The standard InChI is InChI=1S/C21H28Cl2N4O.HI/c1-14-6-8-15(9-7-14)19-16(5-4-10-28-19)12-25-21(24-2)26-13-17-11-18(22)20(23)27(17)3;/h6-9,11,16,19H,4-5,10,12-13H2,1-3H3,(H2,24,25,26);1H. The predicted molar refractivity (Wildman–Crippen MR) is 132 cm³/mol. The largest absolute Gasteiger partial charge is 0.373 e. The van der Waals surface area contributed by atoms with Crippen molar-refractivity contribution >= 4 is 53.1 Å². The molecule has 2 aromatic rings. The number of nitrogens with zero attached hydrogens (tertiary/aromatic N) is 2. The average molecular weight is 551 g/mol. The van der Waals surface area contributed by atoms with Gasteiger partial charge in [0.1, 0.15) is 5.15 Å². The lowest BCUT2D eigenvalue weighted by Gasteiger charge is -2.32. The third-order valence-electron chi connectivity index (χ3n) is 5.26. The van der Waals surface area contributed by atoms with E-state index in [9.17, 15) is 0 Å². The zero-order valence-electron chi connectivity index (χ0n) is 17.0. The van der Waals surface area contributed by atoms with Gasteiger partial charge in [-0.25, -0.2) is 0 Å². The summed E-state index contributed by atoms with van der Waals surface area (Å²) >= 11 is 12.2. The molecule has 1 saturated heterocycles. The molecular weight excluding hydrogens is 522 g/mol. The third kappa shape index (κ3) is 6.26. The van der Waals surface area contributed by atoms with Gasteiger partial charge >= 0.3 is 0 Å². The van der Waals surface area contributed by atoms with Crippen LogP contribution in [0.5, 0.6) is 0 Å². The number of guanidine groups is 1. The maximum atomic E-state index is 6.14. The van der Waals surface area contributed by atoms with Crippen LogP contribution >= 0.6 is 47.2 Å². The van der Waals surface area contributed by atoms with Crippen LogP contribution < -0.4 is 10.6 Å². The van der Waals surface area contributed by atoms with Gasteiger partial charge in [-0.1, -0.05) is 53.0 Å². The molecule has 5 nitrogen and oxygen atoms in total. The third-order valence-corrected chi connectivity index (χ3v) is 6.10. The van der Waals surface area contributed by atoms with E-state index in [0.29, 0.717) is 22.6 Å². The molecule has 2 N–H and O–H groups in total. The van der Waals surface area contributed by atoms with Crippen molar-refractivity contribution in [2.24, 2.45) is 18.0 Å². The summed E-state index contributed by atoms with van der Waals surface area (Å²) in [4.78, 5) is 4.33. The zero-order valence-corrected chi connectivity index (χ0v) is 20.9. The molecule has 0 spiro atoms. The molecule has 2 unspecified atom stereocenters. The Hall–Kier alpha value is -0.960. The van der Waals surface area contributed by atoms with E-state index in [1.54, 1.807) is 7.05 Å². The van der Waals surface area contributed by atoms with Crippen LogP contribution in [0.2, 0.25) is 10.2 Å². The van der Waals surface area contributed by atoms with Crippen LogP contribution in [0.1, 0.15) is 35.8 Å². The summed E-state index contributed by atoms with van der Waals surface area (Å²) in [5.41, 5.74) is 3.50. The van der Waals surface area contributed by atoms with E-state index in [1.165, 1.54) is 11.1 Å². The monoisotopic (exact) mass is 550 g/mol. The van der Waals surface area contributed by atoms with Crippen LogP contribution in [-0.4, -0.2) is 30.7 Å². The SMILES string of the molecule is CN=C(NCc1cc(Cl)c(Cl)n1C)NCC1CCCOC1c1ccc(C)cc1.I. The summed E-state index contributed by atoms with van der Waals surface area (Å²) in [6, 6.07) is 10.5. The van der Waals surface area contributed by atoms with Crippen molar-refractivity contribution in [3.05, 3.63) is 57.3 Å². The fourth-order valence-electron chi connectivity index (χ4n) is 3.56. The zero-order chi connectivity index (χ0) is 20.1. The minimum absolute atomic E-state index is 0. The summed E-state index contributed by atoms with van der Waals surface area (Å²) in [5.74, 6) is 1.15. The first-order valence-electron chi connectivity index (χ1n) is 9.62. The van der Waals surface area contributed by atoms with Gasteiger partial charge < -0.3 is 19.9 Å². The maximum absolute atomic E-state index is 6.14. The summed E-state index contributed by atoms with van der Waals surface area (Å²) in [6.07, 6.45) is 2.33. The summed E-state index contributed by atoms with van der Waals surface area (Å²) in [7, 11) is 3.67. The molecule has 0 amide bonds. The van der Waals surface area contributed by atoms with Gasteiger partial charge in [-0.15, -0.1) is 24.0 Å². The predicted octanol–water partition coefficient (Wildman–Crippen LogP) is 5.09. The van der Waals surface area contributed by atoms with Gasteiger partial charge in [0.2, 0.25) is 0 Å². The van der Waals surface area contributed by atoms with E-state index in [-0.39, 0.29) is 30.1 Å². The van der Waals surface area contributed by atoms with Gasteiger partial charge in [0.05, 0.1) is 17.7 Å². The van der Waals surface area contributed by atoms with Gasteiger partial charge in [-0.2, -0.15) is 0 Å². The Balaban J connectivity index is 0.00000300. The average Bonchev–Trinajstić information content (AvgIpc) is 2.96. The first-order valence-corrected chi connectivity index (χ1v) is 10.4. The van der Waals surface area contributed by atoms with Gasteiger partial charge in [0.15, 0.2) is 5.96 Å². The topological polar surface area (TPSA) is 50.6 Å². The van der Waals surface area contributed by atoms with Crippen LogP contribution in [0.4, 0.5) is 0 Å². The highest BCUT2D eigenvalue weighted by molar-refractivity contribution is 14.0. The Kier molecular flexibility index (Phi) is 9.59. The molecule has 0 bridgehead atoms. The number of aliphatic imine (C=N–C) groups is 1. The van der Waals surface area contributed by atoms with Crippen molar-refractivity contribution < 1.29 is 4.74 Å². The lowest BCUT2D eigenvalue weighted by Crippen LogP contribution is -2.41. The molecule has 0 radical (unpaired) electrons. The first-order chi connectivity index (χ1) is 13.5. The van der Waals surface area contributed by atoms with E-state index < -0.39 is 0 Å². The lowest BCUT2D eigenvalue weighted by atomic mass is 9.89. The number of rotatable bonds is 5. The van der Waals surface area contributed by atoms with Gasteiger partial charge in [-0.3, -0.25) is 4.99 Å². The fraction of sp³-hybridized carbons (Fsp3) is 0.476. The van der Waals surface area contributed by atoms with Crippen molar-refractivity contribution in [1.29, 1.82) is 0 Å². The molecule has 29 heavy (non-hydrogen) atoms. The van der Waals surface area contributed by atoms with E-state index in [1.807, 2.05) is 17.7 Å². The molecule has 2 atom stereocenters. The molecule has 1 aliphatic rings. The second kappa shape index (κ2) is 11.4. The van der Waals surface area contributed by atoms with Gasteiger partial charge in [0, 0.05) is 38.9 Å². The number of hydrogen-bond acceptors (Lipinski definition) is 2. The second-order valence-corrected chi connectivity index (χ2v) is 8.01. The lowest BCUT2D eigenvalue weighted by molar-refractivity contribution is -0.0265. The number of nitrogens with one attached hydrogen (secondary N) is 2. The Morgan fingerprint density at radius 3 is 2.59 bits per heavy atom. The number of hydrogen-bond donors (Lipinski definition) is 2. The van der Waals surface area contributed by atoms with Crippen molar-refractivity contribution in [3.63, 3.8) is 0 Å². The number of benzene rings is 1. The first kappa shape index (κ1) is 24.3. The number of aromatic nitrogens is 1. The van der Waals surface area contributed by atoms with Crippen LogP contribution in [0.15, 0.2) is 35.3 Å². The Bertz CT molecular complexity index is 823. The Morgan fingerprint density at radius 1 is 1.24 bits per heavy atom. The summed E-state index contributed by atoms with van der Waals surface area (Å²) in [5, 5.41) is 7.88. The number of aryl methyl sites for hydroxylation is 1. The molecule has 1 fully saturated rings. The number of ether oxygens (including phenoxy) is 1. The Labute approximate surface area is 200 Å². The molecule has 1 aromatic carbocycles. The van der Waals surface area contributed by atoms with Gasteiger partial charge in [-0.05, 0) is 31.4 Å². The van der Waals surface area contributed by atoms with Crippen molar-refractivity contribution in [3.8, 4) is 0 Å². The normalized spacial score (nSPS) is 19.6. The van der Waals surface area contributed by atoms with Gasteiger partial charge in [0.25, 0.3) is 0 Å². The van der Waals surface area contributed by atoms with Crippen molar-refractivity contribution in [2.45, 2.75) is 32.4 Å². The van der Waals surface area contributed by atoms with Crippen LogP contribution in [-0.2, 0) is 18.3 Å². The molecule has 3 rings (SSSR count). The Morgan fingerprint density at radius 2 is 1.97 bits per heavy atom. The van der Waals surface area contributed by atoms with Crippen molar-refractivity contribution in [2.75, 3.05) is 20.2 Å². The smallest absolute Gasteiger partial charge is 0.191 e. The highest BCUT2D eigenvalue weighted by Gasteiger charge is 2.27. The highest BCUT2D eigenvalue weighted by atomic mass is 127. The van der Waals surface area contributed by atoms with Crippen molar-refractivity contribution in [1.82, 2.24) is 15.2 Å². The van der Waals surface area contributed by atoms with E-state index in [4.69, 9.17) is 27.9 Å². The second-order valence-electron chi connectivity index (χ2n) is 7.24. The molecular formula is C21H29Cl2IN4O. The molecule has 0 aliphatic carbocycles. The maximum Gasteiger partial charge on any atom is 0.191 e. The summed E-state index contributed by atoms with van der Waals surface area (Å²) < 4.78 is 7.98. The minimum atomic E-state index is 0. The van der Waals surface area contributed by atoms with E-state index in [0.717, 1.165) is 37.6 Å². The minimum Gasteiger partial charge on any atom is -0.373 e. The highest BCUT2D eigenvalue weighted by Crippen LogP contribution is 2.33. The molecule has 160 valence electrons. The van der Waals surface area contributed by atoms with Crippen LogP contribution in [0.3, 0.4) is 0 Å². The van der Waals surface area contributed by atoms with Crippen LogP contribution in [0.25, 0.3) is 0 Å². The molecule has 1 aliphatic heterocycles. The molecule has 8 heteroatoms. The quantitative estimate of drug-likeness (QED) is 0.310. The molecule has 1 aromatic heterocycles. The van der Waals surface area contributed by atoms with E-state index in [2.05, 4.69) is 46.8 Å².